The molecule has 0 unspecified atom stereocenters. The van der Waals surface area contributed by atoms with Crippen LogP contribution in [0.2, 0.25) is 0 Å². The highest BCUT2D eigenvalue weighted by molar-refractivity contribution is 9.10. The standard InChI is InChI=1S/C10H11BrN2.HNO3/c1-6(2)7-3-4-9-8(10(7)11)5-12-13-9;2-1(3)4/h3-6H,1-2H3,(H,12,13);(H,2,3,4). The van der Waals surface area contributed by atoms with Crippen LogP contribution in [0.25, 0.3) is 10.9 Å². The van der Waals surface area contributed by atoms with E-state index in [1.807, 2.05) is 6.20 Å². The molecule has 7 heteroatoms. The zero-order valence-electron chi connectivity index (χ0n) is 9.35. The topological polar surface area (TPSA) is 92.0 Å². The van der Waals surface area contributed by atoms with E-state index in [-0.39, 0.29) is 0 Å². The van der Waals surface area contributed by atoms with Gasteiger partial charge < -0.3 is 5.21 Å². The lowest BCUT2D eigenvalue weighted by Gasteiger charge is -2.08. The second-order valence-corrected chi connectivity index (χ2v) is 4.49. The number of aromatic nitrogens is 2. The summed E-state index contributed by atoms with van der Waals surface area (Å²) < 4.78 is 1.16. The number of aromatic amines is 1. The van der Waals surface area contributed by atoms with Crippen LogP contribution in [-0.4, -0.2) is 20.5 Å². The van der Waals surface area contributed by atoms with Gasteiger partial charge in [-0.2, -0.15) is 5.10 Å². The van der Waals surface area contributed by atoms with Crippen molar-refractivity contribution in [2.24, 2.45) is 0 Å². The summed E-state index contributed by atoms with van der Waals surface area (Å²) >= 11 is 3.60. The first-order chi connectivity index (χ1) is 7.93. The molecule has 0 bridgehead atoms. The van der Waals surface area contributed by atoms with Crippen LogP contribution in [0.1, 0.15) is 25.3 Å². The minimum Gasteiger partial charge on any atom is -0.328 e. The number of fused-ring (bicyclic) bond motifs is 1. The largest absolute Gasteiger partial charge is 0.328 e. The summed E-state index contributed by atoms with van der Waals surface area (Å²) in [5, 5.41) is 21.8. The van der Waals surface area contributed by atoms with Crippen molar-refractivity contribution in [3.8, 4) is 0 Å². The molecule has 2 aromatic rings. The minimum absolute atomic E-state index is 0.536. The molecule has 0 saturated heterocycles. The Labute approximate surface area is 106 Å². The number of benzene rings is 1. The first kappa shape index (κ1) is 13.4. The fourth-order valence-corrected chi connectivity index (χ4v) is 2.35. The first-order valence-corrected chi connectivity index (χ1v) is 5.67. The molecular weight excluding hydrogens is 290 g/mol. The number of H-pyrrole nitrogens is 1. The van der Waals surface area contributed by atoms with Gasteiger partial charge in [0.2, 0.25) is 0 Å². The molecule has 0 aliphatic carbocycles. The molecule has 0 aliphatic rings. The van der Waals surface area contributed by atoms with Gasteiger partial charge in [0.1, 0.15) is 0 Å². The smallest absolute Gasteiger partial charge is 0.291 e. The number of nitrogens with one attached hydrogen (secondary N) is 1. The van der Waals surface area contributed by atoms with Crippen molar-refractivity contribution < 1.29 is 10.3 Å². The quantitative estimate of drug-likeness (QED) is 0.625. The van der Waals surface area contributed by atoms with E-state index >= 15 is 0 Å². The first-order valence-electron chi connectivity index (χ1n) is 4.88. The Morgan fingerprint density at radius 3 is 2.65 bits per heavy atom. The highest BCUT2D eigenvalue weighted by Crippen LogP contribution is 2.30. The van der Waals surface area contributed by atoms with E-state index in [4.69, 9.17) is 15.3 Å². The van der Waals surface area contributed by atoms with Gasteiger partial charge >= 0.3 is 0 Å². The fraction of sp³-hybridized carbons (Fsp3) is 0.300. The van der Waals surface area contributed by atoms with Crippen LogP contribution in [0.15, 0.2) is 22.8 Å². The number of hydrogen-bond donors (Lipinski definition) is 2. The van der Waals surface area contributed by atoms with Crippen molar-refractivity contribution in [1.82, 2.24) is 10.2 Å². The molecule has 17 heavy (non-hydrogen) atoms. The molecule has 0 spiro atoms. The maximum atomic E-state index is 8.36. The number of hydrogen-bond acceptors (Lipinski definition) is 3. The summed E-state index contributed by atoms with van der Waals surface area (Å²) in [6.45, 7) is 4.37. The van der Waals surface area contributed by atoms with E-state index in [0.29, 0.717) is 5.92 Å². The summed E-state index contributed by atoms with van der Waals surface area (Å²) in [5.41, 5.74) is 2.41. The van der Waals surface area contributed by atoms with Crippen molar-refractivity contribution in [2.75, 3.05) is 0 Å². The van der Waals surface area contributed by atoms with Crippen LogP contribution in [0.3, 0.4) is 0 Å². The highest BCUT2D eigenvalue weighted by atomic mass is 79.9. The average Bonchev–Trinajstić information content (AvgIpc) is 2.65. The number of rotatable bonds is 1. The zero-order chi connectivity index (χ0) is 13.0. The Morgan fingerprint density at radius 2 is 2.12 bits per heavy atom. The van der Waals surface area contributed by atoms with E-state index < -0.39 is 5.09 Å². The van der Waals surface area contributed by atoms with Crippen molar-refractivity contribution in [3.63, 3.8) is 0 Å². The predicted octanol–water partition coefficient (Wildman–Crippen LogP) is 3.10. The van der Waals surface area contributed by atoms with Crippen molar-refractivity contribution in [3.05, 3.63) is 38.5 Å². The molecule has 2 rings (SSSR count). The lowest BCUT2D eigenvalue weighted by Crippen LogP contribution is -1.88. The van der Waals surface area contributed by atoms with Crippen molar-refractivity contribution >= 4 is 26.8 Å². The molecule has 2 N–H and O–H groups in total. The van der Waals surface area contributed by atoms with E-state index in [0.717, 1.165) is 15.4 Å². The molecule has 1 aromatic carbocycles. The number of halogens is 1. The van der Waals surface area contributed by atoms with Gasteiger partial charge in [-0.1, -0.05) is 19.9 Å². The maximum absolute atomic E-state index is 8.36. The molecule has 0 fully saturated rings. The zero-order valence-corrected chi connectivity index (χ0v) is 10.9. The predicted molar refractivity (Wildman–Crippen MR) is 66.7 cm³/mol. The second-order valence-electron chi connectivity index (χ2n) is 3.69. The molecule has 0 radical (unpaired) electrons. The van der Waals surface area contributed by atoms with E-state index in [1.165, 1.54) is 5.56 Å². The third-order valence-corrected chi connectivity index (χ3v) is 3.10. The highest BCUT2D eigenvalue weighted by Gasteiger charge is 2.08. The van der Waals surface area contributed by atoms with Gasteiger partial charge in [0.15, 0.2) is 0 Å². The molecule has 0 aliphatic heterocycles. The van der Waals surface area contributed by atoms with Gasteiger partial charge in [-0.25, -0.2) is 0 Å². The van der Waals surface area contributed by atoms with Crippen LogP contribution < -0.4 is 0 Å². The van der Waals surface area contributed by atoms with E-state index in [9.17, 15) is 0 Å². The van der Waals surface area contributed by atoms with Gasteiger partial charge in [0, 0.05) is 9.86 Å². The average molecular weight is 302 g/mol. The normalized spacial score (nSPS) is 10.1. The van der Waals surface area contributed by atoms with Gasteiger partial charge in [-0.15, -0.1) is 10.1 Å². The lowest BCUT2D eigenvalue weighted by molar-refractivity contribution is -0.742. The van der Waals surface area contributed by atoms with Crippen LogP contribution in [0.5, 0.6) is 0 Å². The summed E-state index contributed by atoms with van der Waals surface area (Å²) in [5.74, 6) is 0.536. The van der Waals surface area contributed by atoms with Crippen LogP contribution >= 0.6 is 15.9 Å². The molecular formula is C10H12BrN3O3. The van der Waals surface area contributed by atoms with Crippen molar-refractivity contribution in [2.45, 2.75) is 19.8 Å². The molecule has 0 saturated carbocycles. The summed E-state index contributed by atoms with van der Waals surface area (Å²) in [4.78, 5) is 8.36. The lowest BCUT2D eigenvalue weighted by atomic mass is 10.0. The van der Waals surface area contributed by atoms with Gasteiger partial charge in [-0.05, 0) is 33.5 Å². The summed E-state index contributed by atoms with van der Waals surface area (Å²) in [6.07, 6.45) is 1.85. The molecule has 0 atom stereocenters. The molecule has 92 valence electrons. The Morgan fingerprint density at radius 1 is 1.53 bits per heavy atom. The SMILES string of the molecule is CC(C)c1ccc2[nH]ncc2c1Br.O=[N+]([O-])O. The van der Waals surface area contributed by atoms with Crippen LogP contribution in [0, 0.1) is 10.1 Å². The Kier molecular flexibility index (Phi) is 4.45. The number of nitrogens with zero attached hydrogens (tertiary/aromatic N) is 2. The molecule has 1 heterocycles. The summed E-state index contributed by atoms with van der Waals surface area (Å²) in [7, 11) is 0. The third kappa shape index (κ3) is 3.42. The Balaban J connectivity index is 0.000000317. The second kappa shape index (κ2) is 5.62. The molecule has 1 aromatic heterocycles. The van der Waals surface area contributed by atoms with Gasteiger partial charge in [-0.3, -0.25) is 5.10 Å². The minimum atomic E-state index is -1.50. The third-order valence-electron chi connectivity index (χ3n) is 2.21. The fourth-order valence-electron chi connectivity index (χ4n) is 1.45. The maximum Gasteiger partial charge on any atom is 0.291 e. The monoisotopic (exact) mass is 301 g/mol. The van der Waals surface area contributed by atoms with E-state index in [1.54, 1.807) is 0 Å². The summed E-state index contributed by atoms with van der Waals surface area (Å²) in [6, 6.07) is 4.21. The van der Waals surface area contributed by atoms with Crippen LogP contribution in [-0.2, 0) is 0 Å². The van der Waals surface area contributed by atoms with Gasteiger partial charge in [0.25, 0.3) is 5.09 Å². The van der Waals surface area contributed by atoms with E-state index in [2.05, 4.69) is 52.1 Å². The molecule has 6 nitrogen and oxygen atoms in total. The Hall–Kier alpha value is -1.63. The Bertz CT molecular complexity index is 520. The van der Waals surface area contributed by atoms with Gasteiger partial charge in [0.05, 0.1) is 11.7 Å². The van der Waals surface area contributed by atoms with Crippen LogP contribution in [0.4, 0.5) is 0 Å². The molecule has 0 amide bonds. The van der Waals surface area contributed by atoms with Crippen molar-refractivity contribution in [1.29, 1.82) is 0 Å².